The smallest absolute Gasteiger partial charge is 0 e. The summed E-state index contributed by atoms with van der Waals surface area (Å²) in [5, 5.41) is 7.04. The Labute approximate surface area is 445 Å². The van der Waals surface area contributed by atoms with Crippen molar-refractivity contribution in [2.45, 2.75) is 70.6 Å². The largest absolute Gasteiger partial charge is 0 e. The number of nitrogens with zero attached hydrogens (tertiary/aromatic N) is 3. The number of fused-ring (bicyclic) bond motifs is 8. The van der Waals surface area contributed by atoms with Crippen LogP contribution in [-0.2, 0) is 20.1 Å². The van der Waals surface area contributed by atoms with Gasteiger partial charge in [-0.2, -0.15) is 0 Å². The van der Waals surface area contributed by atoms with Gasteiger partial charge < -0.3 is 8.98 Å². The van der Waals surface area contributed by atoms with Crippen LogP contribution in [0.15, 0.2) is 187 Å². The van der Waals surface area contributed by atoms with E-state index < -0.39 is 13.3 Å². The van der Waals surface area contributed by atoms with Crippen molar-refractivity contribution in [2.75, 3.05) is 0 Å². The van der Waals surface area contributed by atoms with Crippen LogP contribution in [-0.4, -0.2) is 27.8 Å². The van der Waals surface area contributed by atoms with Crippen LogP contribution >= 0.6 is 0 Å². The molecule has 0 aliphatic rings. The fourth-order valence-electron chi connectivity index (χ4n) is 10.3. The molecule has 0 unspecified atom stereocenters. The molecule has 73 heavy (non-hydrogen) atoms. The van der Waals surface area contributed by atoms with Crippen molar-refractivity contribution in [3.05, 3.63) is 217 Å². The second-order valence-electron chi connectivity index (χ2n) is 21.0. The number of hydrogen-bond acceptors (Lipinski definition) is 3. The standard InChI is InChI=1S/C47H39N2O.C20H20GeN.Ir/c1-27(2)39-25-33(31-12-8-7-9-13-31)26-40(28(3)4)44(39)49-42-15-11-10-14-41(42)48-47(49)38-20-17-30(6)43-37-23-22-35-34-19-16-29(5)24-32(34)18-21-36(35)45(37)50-46(38)43;1-21(2,3)19-12-13-20(22-15-19)18-11-7-10-17(14-18)16-8-5-4-6-9-16;/h7-19,21-28H,1-6H3;4-10,12-15H,1-3H3;/q2*-1;. The number of hydrogen-bond donors (Lipinski definition) is 0. The van der Waals surface area contributed by atoms with Crippen molar-refractivity contribution < 1.29 is 24.5 Å². The second kappa shape index (κ2) is 20.2. The zero-order valence-electron chi connectivity index (χ0n) is 43.1. The molecular weight excluding hydrogens is 1130 g/mol. The van der Waals surface area contributed by atoms with Gasteiger partial charge in [0.2, 0.25) is 0 Å². The van der Waals surface area contributed by atoms with Gasteiger partial charge in [0.15, 0.2) is 0 Å². The summed E-state index contributed by atoms with van der Waals surface area (Å²) in [5.74, 6) is 8.56. The third-order valence-electron chi connectivity index (χ3n) is 14.2. The summed E-state index contributed by atoms with van der Waals surface area (Å²) in [7, 11) is 0. The molecule has 363 valence electrons. The molecular formula is C67H59GeIrN3O-2. The fraction of sp³-hybridized carbons (Fsp3) is 0.164. The van der Waals surface area contributed by atoms with Gasteiger partial charge in [0.05, 0.1) is 22.4 Å². The molecule has 0 aliphatic heterocycles. The maximum absolute atomic E-state index is 7.04. The minimum atomic E-state index is -1.79. The molecule has 3 aromatic heterocycles. The predicted octanol–water partition coefficient (Wildman–Crippen LogP) is 18.0. The first kappa shape index (κ1) is 49.7. The zero-order chi connectivity index (χ0) is 49.8. The molecule has 0 amide bonds. The van der Waals surface area contributed by atoms with Gasteiger partial charge in [-0.15, -0.1) is 17.7 Å². The van der Waals surface area contributed by atoms with Gasteiger partial charge in [0.25, 0.3) is 0 Å². The molecule has 0 saturated heterocycles. The molecule has 12 rings (SSSR count). The van der Waals surface area contributed by atoms with Crippen LogP contribution in [0.1, 0.15) is 61.8 Å². The average Bonchev–Trinajstić information content (AvgIpc) is 3.99. The second-order valence-corrected chi connectivity index (χ2v) is 31.6. The van der Waals surface area contributed by atoms with Gasteiger partial charge in [-0.1, -0.05) is 136 Å². The number of rotatable bonds is 8. The summed E-state index contributed by atoms with van der Waals surface area (Å²) >= 11 is -1.79. The average molecular weight is 1190 g/mol. The van der Waals surface area contributed by atoms with Gasteiger partial charge in [0, 0.05) is 36.6 Å². The summed E-state index contributed by atoms with van der Waals surface area (Å²) in [6.45, 7) is 13.5. The van der Waals surface area contributed by atoms with E-state index in [-0.39, 0.29) is 31.9 Å². The molecule has 0 N–H and O–H groups in total. The first-order valence-electron chi connectivity index (χ1n) is 25.3. The van der Waals surface area contributed by atoms with E-state index in [0.717, 1.165) is 66.6 Å². The maximum Gasteiger partial charge on any atom is 0 e. The molecule has 0 fully saturated rings. The van der Waals surface area contributed by atoms with Crippen LogP contribution in [0.2, 0.25) is 17.3 Å². The normalized spacial score (nSPS) is 11.8. The van der Waals surface area contributed by atoms with E-state index >= 15 is 0 Å². The first-order chi connectivity index (χ1) is 34.8. The van der Waals surface area contributed by atoms with Crippen molar-refractivity contribution in [1.82, 2.24) is 14.5 Å². The molecule has 6 heteroatoms. The molecule has 9 aromatic carbocycles. The van der Waals surface area contributed by atoms with E-state index in [9.17, 15) is 0 Å². The van der Waals surface area contributed by atoms with E-state index in [1.54, 1.807) is 0 Å². The van der Waals surface area contributed by atoms with Crippen molar-refractivity contribution in [2.24, 2.45) is 0 Å². The van der Waals surface area contributed by atoms with Crippen LogP contribution in [0.25, 0.3) is 105 Å². The molecule has 0 spiro atoms. The molecule has 0 bridgehead atoms. The third-order valence-corrected chi connectivity index (χ3v) is 18.5. The maximum atomic E-state index is 7.04. The Kier molecular flexibility index (Phi) is 13.7. The molecule has 12 aromatic rings. The Morgan fingerprint density at radius 2 is 1.22 bits per heavy atom. The quantitative estimate of drug-likeness (QED) is 0.0865. The zero-order valence-corrected chi connectivity index (χ0v) is 47.6. The monoisotopic (exact) mass is 1190 g/mol. The Bertz CT molecular complexity index is 3950. The van der Waals surface area contributed by atoms with E-state index in [4.69, 9.17) is 9.40 Å². The SMILES string of the molecule is Cc1ccc2c(ccc3c2ccc2c3oc3c(-c4nc5ccccc5n4-c4c(C(C)C)cc(-c5ccccc5)cc4C(C)C)[c-]cc(C)c32)c1.[CH3][Ge]([CH3])([CH3])[c]1ccc(-c2[c-]ccc(-c3ccccc3)c2)nc1.[Ir]. The number of benzene rings is 9. The number of aromatic nitrogens is 3. The van der Waals surface area contributed by atoms with E-state index in [0.29, 0.717) is 0 Å². The van der Waals surface area contributed by atoms with E-state index in [1.807, 2.05) is 12.1 Å². The Morgan fingerprint density at radius 1 is 0.575 bits per heavy atom. The first-order valence-corrected chi connectivity index (χ1v) is 32.6. The van der Waals surface area contributed by atoms with Crippen LogP contribution in [0, 0.1) is 26.0 Å². The minimum absolute atomic E-state index is 0. The predicted molar refractivity (Wildman–Crippen MR) is 308 cm³/mol. The number of aryl methyl sites for hydroxylation is 2. The summed E-state index contributed by atoms with van der Waals surface area (Å²) < 4.78 is 10.9. The van der Waals surface area contributed by atoms with Crippen LogP contribution < -0.4 is 4.40 Å². The van der Waals surface area contributed by atoms with Gasteiger partial charge in [0.1, 0.15) is 5.58 Å². The minimum Gasteiger partial charge on any atom is 0 e. The van der Waals surface area contributed by atoms with Gasteiger partial charge in [-0.05, 0) is 81.4 Å². The van der Waals surface area contributed by atoms with Crippen molar-refractivity contribution in [1.29, 1.82) is 0 Å². The summed E-state index contributed by atoms with van der Waals surface area (Å²) in [6.07, 6.45) is 2.05. The molecule has 0 aliphatic carbocycles. The summed E-state index contributed by atoms with van der Waals surface area (Å²) in [5.41, 5.74) is 17.7. The summed E-state index contributed by atoms with van der Waals surface area (Å²) in [6, 6.07) is 69.7. The topological polar surface area (TPSA) is 43.9 Å². The van der Waals surface area contributed by atoms with Gasteiger partial charge in [-0.3, -0.25) is 4.98 Å². The van der Waals surface area contributed by atoms with Crippen molar-refractivity contribution in [3.63, 3.8) is 0 Å². The van der Waals surface area contributed by atoms with Gasteiger partial charge in [-0.25, -0.2) is 0 Å². The van der Waals surface area contributed by atoms with Crippen molar-refractivity contribution in [3.8, 4) is 50.6 Å². The number of pyridine rings is 1. The Hall–Kier alpha value is -6.89. The third kappa shape index (κ3) is 9.40. The number of furan rings is 1. The van der Waals surface area contributed by atoms with Crippen LogP contribution in [0.3, 0.4) is 0 Å². The van der Waals surface area contributed by atoms with Gasteiger partial charge >= 0.3 is 135 Å². The van der Waals surface area contributed by atoms with Crippen LogP contribution in [0.5, 0.6) is 0 Å². The summed E-state index contributed by atoms with van der Waals surface area (Å²) in [4.78, 5) is 10.0. The molecule has 0 atom stereocenters. The molecule has 0 saturated carbocycles. The Balaban J connectivity index is 0.000000223. The molecule has 1 radical (unpaired) electrons. The van der Waals surface area contributed by atoms with E-state index in [2.05, 4.69) is 250 Å². The molecule has 3 heterocycles. The number of para-hydroxylation sites is 2. The van der Waals surface area contributed by atoms with E-state index in [1.165, 1.54) is 65.2 Å². The Morgan fingerprint density at radius 3 is 1.89 bits per heavy atom. The number of imidazole rings is 1. The fourth-order valence-corrected chi connectivity index (χ4v) is 12.5. The molecule has 4 nitrogen and oxygen atoms in total. The van der Waals surface area contributed by atoms with Crippen molar-refractivity contribution >= 4 is 72.2 Å². The van der Waals surface area contributed by atoms with Crippen LogP contribution in [0.4, 0.5) is 0 Å².